The average molecular weight is 538 g/mol. The Bertz CT molecular complexity index is 1310. The van der Waals surface area contributed by atoms with Gasteiger partial charge in [0.05, 0.1) is 11.6 Å². The third-order valence-electron chi connectivity index (χ3n) is 7.09. The molecular weight excluding hydrogens is 501 g/mol. The van der Waals surface area contributed by atoms with Crippen molar-refractivity contribution in [1.82, 2.24) is 10.3 Å². The molecule has 38 heavy (non-hydrogen) atoms. The molecule has 3 aromatic rings. The highest BCUT2D eigenvalue weighted by molar-refractivity contribution is 7.14. The summed E-state index contributed by atoms with van der Waals surface area (Å²) >= 11 is 1.60. The fourth-order valence-corrected chi connectivity index (χ4v) is 6.00. The van der Waals surface area contributed by atoms with Crippen LogP contribution in [-0.2, 0) is 29.1 Å². The van der Waals surface area contributed by atoms with E-state index in [9.17, 15) is 9.18 Å². The summed E-state index contributed by atoms with van der Waals surface area (Å²) in [6.45, 7) is 11.0. The van der Waals surface area contributed by atoms with Crippen molar-refractivity contribution in [3.05, 3.63) is 63.8 Å². The number of thiazole rings is 1. The fraction of sp³-hybridized carbons (Fsp3) is 0.467. The van der Waals surface area contributed by atoms with Crippen LogP contribution in [0.2, 0.25) is 0 Å². The Labute approximate surface area is 228 Å². The number of esters is 1. The van der Waals surface area contributed by atoms with E-state index in [2.05, 4.69) is 21.7 Å². The zero-order valence-corrected chi connectivity index (χ0v) is 23.4. The molecule has 2 aliphatic rings. The predicted molar refractivity (Wildman–Crippen MR) is 149 cm³/mol. The summed E-state index contributed by atoms with van der Waals surface area (Å²) in [5.41, 5.74) is 5.01. The smallest absolute Gasteiger partial charge is 0.309 e. The van der Waals surface area contributed by atoms with Crippen molar-refractivity contribution < 1.29 is 18.7 Å². The van der Waals surface area contributed by atoms with E-state index in [1.165, 1.54) is 0 Å². The van der Waals surface area contributed by atoms with E-state index in [4.69, 9.17) is 14.5 Å². The van der Waals surface area contributed by atoms with Gasteiger partial charge in [-0.05, 0) is 82.3 Å². The lowest BCUT2D eigenvalue weighted by Crippen LogP contribution is -2.38. The summed E-state index contributed by atoms with van der Waals surface area (Å²) in [4.78, 5) is 19.7. The van der Waals surface area contributed by atoms with Gasteiger partial charge in [0.25, 0.3) is 0 Å². The van der Waals surface area contributed by atoms with Crippen molar-refractivity contribution in [2.24, 2.45) is 5.92 Å². The molecule has 1 aromatic heterocycles. The van der Waals surface area contributed by atoms with Crippen molar-refractivity contribution >= 4 is 22.4 Å². The summed E-state index contributed by atoms with van der Waals surface area (Å²) in [7, 11) is 0. The van der Waals surface area contributed by atoms with Crippen LogP contribution in [0.3, 0.4) is 0 Å². The second-order valence-electron chi connectivity index (χ2n) is 11.2. The van der Waals surface area contributed by atoms with Crippen LogP contribution < -0.4 is 15.0 Å². The minimum absolute atomic E-state index is 0.0635. The molecule has 2 aromatic carbocycles. The van der Waals surface area contributed by atoms with Crippen LogP contribution in [-0.4, -0.2) is 36.2 Å². The second kappa shape index (κ2) is 11.0. The van der Waals surface area contributed by atoms with E-state index < -0.39 is 5.60 Å². The monoisotopic (exact) mass is 537 g/mol. The third-order valence-corrected chi connectivity index (χ3v) is 7.99. The summed E-state index contributed by atoms with van der Waals surface area (Å²) in [5, 5.41) is 6.23. The van der Waals surface area contributed by atoms with E-state index in [0.717, 1.165) is 83.3 Å². The van der Waals surface area contributed by atoms with E-state index in [0.29, 0.717) is 13.2 Å². The summed E-state index contributed by atoms with van der Waals surface area (Å²) in [5.74, 6) is 0.436. The van der Waals surface area contributed by atoms with Crippen LogP contribution in [0.25, 0.3) is 11.3 Å². The molecule has 0 radical (unpaired) electrons. The van der Waals surface area contributed by atoms with E-state index in [-0.39, 0.29) is 17.7 Å². The minimum atomic E-state index is -0.461. The van der Waals surface area contributed by atoms with Crippen molar-refractivity contribution in [1.29, 1.82) is 0 Å². The zero-order valence-electron chi connectivity index (χ0n) is 22.6. The molecule has 0 bridgehead atoms. The van der Waals surface area contributed by atoms with Crippen LogP contribution in [0.1, 0.15) is 55.9 Å². The first-order valence-corrected chi connectivity index (χ1v) is 14.2. The van der Waals surface area contributed by atoms with Crippen LogP contribution in [0.4, 0.5) is 9.52 Å². The molecule has 0 spiro atoms. The number of piperidine rings is 1. The van der Waals surface area contributed by atoms with E-state index in [1.807, 2.05) is 45.9 Å². The molecule has 6 nitrogen and oxygen atoms in total. The molecule has 0 atom stereocenters. The highest BCUT2D eigenvalue weighted by atomic mass is 32.1. The summed E-state index contributed by atoms with van der Waals surface area (Å²) < 4.78 is 26.6. The number of rotatable bonds is 6. The lowest BCUT2D eigenvalue weighted by atomic mass is 9.97. The predicted octanol–water partition coefficient (Wildman–Crippen LogP) is 6.04. The quantitative estimate of drug-likeness (QED) is 0.387. The Kier molecular flexibility index (Phi) is 7.73. The number of hydrogen-bond donors (Lipinski definition) is 1. The highest BCUT2D eigenvalue weighted by Crippen LogP contribution is 2.37. The number of aromatic nitrogens is 1. The van der Waals surface area contributed by atoms with Gasteiger partial charge in [-0.25, -0.2) is 9.37 Å². The SMILES string of the molecule is Cc1cccc(-c2csc(N3CCC(C(=O)OC(C)(C)C)CC3)n2)c1OCc1cc(F)c2c(c1)CCNC2. The molecule has 3 heterocycles. The van der Waals surface area contributed by atoms with Gasteiger partial charge in [-0.3, -0.25) is 4.79 Å². The number of ether oxygens (including phenoxy) is 2. The van der Waals surface area contributed by atoms with Gasteiger partial charge in [-0.1, -0.05) is 18.2 Å². The molecule has 5 rings (SSSR count). The Morgan fingerprint density at radius 2 is 2.03 bits per heavy atom. The highest BCUT2D eigenvalue weighted by Gasteiger charge is 2.30. The van der Waals surface area contributed by atoms with E-state index in [1.54, 1.807) is 17.4 Å². The van der Waals surface area contributed by atoms with E-state index >= 15 is 0 Å². The third kappa shape index (κ3) is 6.02. The average Bonchev–Trinajstić information content (AvgIpc) is 3.37. The molecule has 0 aliphatic carbocycles. The first-order valence-electron chi connectivity index (χ1n) is 13.3. The minimum Gasteiger partial charge on any atom is -0.488 e. The van der Waals surface area contributed by atoms with Gasteiger partial charge in [-0.2, -0.15) is 0 Å². The molecular formula is C30H36FN3O3S. The molecule has 202 valence electrons. The number of para-hydroxylation sites is 1. The molecule has 8 heteroatoms. The number of anilines is 1. The molecule has 0 unspecified atom stereocenters. The summed E-state index contributed by atoms with van der Waals surface area (Å²) in [6.07, 6.45) is 2.35. The molecule has 1 fully saturated rings. The van der Waals surface area contributed by atoms with Crippen molar-refractivity contribution in [2.45, 2.75) is 65.7 Å². The van der Waals surface area contributed by atoms with Gasteiger partial charge in [0.1, 0.15) is 23.8 Å². The maximum Gasteiger partial charge on any atom is 0.309 e. The van der Waals surface area contributed by atoms with Gasteiger partial charge < -0.3 is 19.7 Å². The standard InChI is InChI=1S/C30H36FN3O3S/c1-19-6-5-7-23(27(19)36-17-20-14-22-8-11-32-16-24(22)25(31)15-20)26-18-38-29(33-26)34-12-9-21(10-13-34)28(35)37-30(2,3)4/h5-7,14-15,18,21,32H,8-13,16-17H2,1-4H3. The Morgan fingerprint density at radius 1 is 1.24 bits per heavy atom. The number of nitrogens with zero attached hydrogens (tertiary/aromatic N) is 2. The Hall–Kier alpha value is -2.97. The molecule has 0 saturated carbocycles. The largest absolute Gasteiger partial charge is 0.488 e. The van der Waals surface area contributed by atoms with Crippen LogP contribution in [0, 0.1) is 18.7 Å². The number of fused-ring (bicyclic) bond motifs is 1. The van der Waals surface area contributed by atoms with Crippen LogP contribution in [0.5, 0.6) is 5.75 Å². The lowest BCUT2D eigenvalue weighted by molar-refractivity contribution is -0.160. The first-order chi connectivity index (χ1) is 18.2. The number of aryl methyl sites for hydroxylation is 1. The number of carbonyl (C=O) groups excluding carboxylic acids is 1. The van der Waals surface area contributed by atoms with Crippen molar-refractivity contribution in [2.75, 3.05) is 24.5 Å². The molecule has 1 N–H and O–H groups in total. The molecule has 2 aliphatic heterocycles. The van der Waals surface area contributed by atoms with Gasteiger partial charge in [-0.15, -0.1) is 11.3 Å². The normalized spacial score (nSPS) is 16.3. The topological polar surface area (TPSA) is 63.7 Å². The number of carbonyl (C=O) groups is 1. The Morgan fingerprint density at radius 3 is 2.79 bits per heavy atom. The van der Waals surface area contributed by atoms with Gasteiger partial charge in [0.15, 0.2) is 5.13 Å². The molecule has 0 amide bonds. The maximum absolute atomic E-state index is 14.7. The molecule has 1 saturated heterocycles. The maximum atomic E-state index is 14.7. The number of benzene rings is 2. The van der Waals surface area contributed by atoms with Crippen molar-refractivity contribution in [3.63, 3.8) is 0 Å². The number of nitrogens with one attached hydrogen (secondary N) is 1. The van der Waals surface area contributed by atoms with Gasteiger partial charge in [0.2, 0.25) is 0 Å². The van der Waals surface area contributed by atoms with Gasteiger partial charge >= 0.3 is 5.97 Å². The summed E-state index contributed by atoms with van der Waals surface area (Å²) in [6, 6.07) is 9.71. The first kappa shape index (κ1) is 26.6. The van der Waals surface area contributed by atoms with Gasteiger partial charge in [0, 0.05) is 36.1 Å². The zero-order chi connectivity index (χ0) is 26.9. The van der Waals surface area contributed by atoms with Crippen molar-refractivity contribution in [3.8, 4) is 17.0 Å². The number of halogens is 1. The van der Waals surface area contributed by atoms with Crippen LogP contribution in [0.15, 0.2) is 35.7 Å². The number of hydrogen-bond acceptors (Lipinski definition) is 7. The van der Waals surface area contributed by atoms with Crippen LogP contribution >= 0.6 is 11.3 Å². The second-order valence-corrected chi connectivity index (χ2v) is 12.0. The lowest BCUT2D eigenvalue weighted by Gasteiger charge is -2.32. The Balaban J connectivity index is 1.28. The fourth-order valence-electron chi connectivity index (χ4n) is 5.12.